The molecule has 0 spiro atoms. The number of hydrogen-bond acceptors (Lipinski definition) is 4. The lowest BCUT2D eigenvalue weighted by Crippen LogP contribution is -2.34. The van der Waals surface area contributed by atoms with Crippen LogP contribution < -0.4 is 19.5 Å². The normalized spacial score (nSPS) is 21.8. The predicted molar refractivity (Wildman–Crippen MR) is 56.2 cm³/mol. The Labute approximate surface area is 92.3 Å². The standard InChI is InChI=1S/C11H11NO4/c1-6-11(13)12-7-4-9-10(5-8(7)16-6)15-3-2-14-9/h4-6H,2-3H2,1H3,(H,12,13). The Hall–Kier alpha value is -1.91. The maximum Gasteiger partial charge on any atom is 0.265 e. The summed E-state index contributed by atoms with van der Waals surface area (Å²) in [6.45, 7) is 2.76. The fourth-order valence-corrected chi connectivity index (χ4v) is 1.74. The van der Waals surface area contributed by atoms with E-state index in [9.17, 15) is 4.79 Å². The first-order valence-corrected chi connectivity index (χ1v) is 5.15. The topological polar surface area (TPSA) is 56.8 Å². The van der Waals surface area contributed by atoms with Crippen molar-refractivity contribution in [2.45, 2.75) is 13.0 Å². The molecule has 1 unspecified atom stereocenters. The lowest BCUT2D eigenvalue weighted by molar-refractivity contribution is -0.122. The molecule has 0 fully saturated rings. The second-order valence-corrected chi connectivity index (χ2v) is 3.74. The molecule has 0 saturated carbocycles. The van der Waals surface area contributed by atoms with Gasteiger partial charge in [0.15, 0.2) is 17.6 Å². The summed E-state index contributed by atoms with van der Waals surface area (Å²) in [5, 5.41) is 2.76. The molecule has 1 amide bonds. The summed E-state index contributed by atoms with van der Waals surface area (Å²) >= 11 is 0. The third-order valence-electron chi connectivity index (χ3n) is 2.58. The Bertz CT molecular complexity index is 458. The Morgan fingerprint density at radius 2 is 1.88 bits per heavy atom. The van der Waals surface area contributed by atoms with Crippen LogP contribution in [-0.4, -0.2) is 25.2 Å². The zero-order chi connectivity index (χ0) is 11.1. The second kappa shape index (κ2) is 3.30. The molecule has 1 atom stereocenters. The molecule has 1 aromatic carbocycles. The first kappa shape index (κ1) is 9.33. The summed E-state index contributed by atoms with van der Waals surface area (Å²) in [6.07, 6.45) is -0.477. The highest BCUT2D eigenvalue weighted by molar-refractivity contribution is 5.98. The molecule has 0 bridgehead atoms. The van der Waals surface area contributed by atoms with Crippen molar-refractivity contribution in [3.63, 3.8) is 0 Å². The number of carbonyl (C=O) groups is 1. The van der Waals surface area contributed by atoms with Gasteiger partial charge in [0.25, 0.3) is 5.91 Å². The van der Waals surface area contributed by atoms with Gasteiger partial charge in [-0.3, -0.25) is 4.79 Å². The van der Waals surface area contributed by atoms with Crippen LogP contribution in [0.2, 0.25) is 0 Å². The van der Waals surface area contributed by atoms with E-state index in [0.717, 1.165) is 0 Å². The average Bonchev–Trinajstić information content (AvgIpc) is 2.28. The highest BCUT2D eigenvalue weighted by Crippen LogP contribution is 2.41. The van der Waals surface area contributed by atoms with E-state index in [2.05, 4.69) is 5.32 Å². The Balaban J connectivity index is 2.04. The molecule has 1 aromatic rings. The largest absolute Gasteiger partial charge is 0.486 e. The van der Waals surface area contributed by atoms with E-state index in [1.165, 1.54) is 0 Å². The van der Waals surface area contributed by atoms with Gasteiger partial charge >= 0.3 is 0 Å². The minimum absolute atomic E-state index is 0.149. The van der Waals surface area contributed by atoms with Crippen LogP contribution in [0.5, 0.6) is 17.2 Å². The van der Waals surface area contributed by atoms with Crippen molar-refractivity contribution in [2.24, 2.45) is 0 Å². The third kappa shape index (κ3) is 1.36. The zero-order valence-corrected chi connectivity index (χ0v) is 8.78. The summed E-state index contributed by atoms with van der Waals surface area (Å²) < 4.78 is 16.3. The SMILES string of the molecule is CC1Oc2cc3c(cc2NC1=O)OCCO3. The number of amides is 1. The van der Waals surface area contributed by atoms with Gasteiger partial charge in [-0.15, -0.1) is 0 Å². The van der Waals surface area contributed by atoms with Crippen LogP contribution in [0.1, 0.15) is 6.92 Å². The molecule has 0 saturated heterocycles. The quantitative estimate of drug-likeness (QED) is 0.714. The van der Waals surface area contributed by atoms with E-state index in [1.54, 1.807) is 19.1 Å². The molecular formula is C11H11NO4. The summed E-state index contributed by atoms with van der Waals surface area (Å²) in [4.78, 5) is 11.4. The number of rotatable bonds is 0. The monoisotopic (exact) mass is 221 g/mol. The molecule has 2 aliphatic rings. The lowest BCUT2D eigenvalue weighted by Gasteiger charge is -2.26. The summed E-state index contributed by atoms with van der Waals surface area (Å²) in [6, 6.07) is 3.48. The maximum absolute atomic E-state index is 11.4. The molecule has 1 N–H and O–H groups in total. The summed E-state index contributed by atoms with van der Waals surface area (Å²) in [5.74, 6) is 1.78. The van der Waals surface area contributed by atoms with Crippen LogP contribution in [-0.2, 0) is 4.79 Å². The predicted octanol–water partition coefficient (Wildman–Crippen LogP) is 1.18. The Morgan fingerprint density at radius 3 is 2.62 bits per heavy atom. The molecule has 16 heavy (non-hydrogen) atoms. The zero-order valence-electron chi connectivity index (χ0n) is 8.78. The van der Waals surface area contributed by atoms with Gasteiger partial charge in [-0.2, -0.15) is 0 Å². The minimum atomic E-state index is -0.477. The second-order valence-electron chi connectivity index (χ2n) is 3.74. The fraction of sp³-hybridized carbons (Fsp3) is 0.364. The summed E-state index contributed by atoms with van der Waals surface area (Å²) in [7, 11) is 0. The number of nitrogens with one attached hydrogen (secondary N) is 1. The molecule has 0 aromatic heterocycles. The number of ether oxygens (including phenoxy) is 3. The van der Waals surface area contributed by atoms with Gasteiger partial charge in [-0.25, -0.2) is 0 Å². The lowest BCUT2D eigenvalue weighted by atomic mass is 10.2. The number of anilines is 1. The van der Waals surface area contributed by atoms with Gasteiger partial charge in [0.2, 0.25) is 0 Å². The van der Waals surface area contributed by atoms with E-state index in [0.29, 0.717) is 36.1 Å². The molecule has 0 aliphatic carbocycles. The summed E-state index contributed by atoms with van der Waals surface area (Å²) in [5.41, 5.74) is 0.632. The molecule has 84 valence electrons. The molecule has 2 aliphatic heterocycles. The highest BCUT2D eigenvalue weighted by Gasteiger charge is 2.26. The molecule has 3 rings (SSSR count). The van der Waals surface area contributed by atoms with Crippen LogP contribution in [0.15, 0.2) is 12.1 Å². The van der Waals surface area contributed by atoms with E-state index in [-0.39, 0.29) is 5.91 Å². The van der Waals surface area contributed by atoms with Crippen LogP contribution in [0, 0.1) is 0 Å². The maximum atomic E-state index is 11.4. The molecule has 2 heterocycles. The van der Waals surface area contributed by atoms with Crippen molar-refractivity contribution in [3.8, 4) is 17.2 Å². The molecule has 5 heteroatoms. The van der Waals surface area contributed by atoms with Gasteiger partial charge < -0.3 is 19.5 Å². The average molecular weight is 221 g/mol. The van der Waals surface area contributed by atoms with E-state index in [1.807, 2.05) is 0 Å². The van der Waals surface area contributed by atoms with Gasteiger partial charge in [0.05, 0.1) is 5.69 Å². The van der Waals surface area contributed by atoms with E-state index < -0.39 is 6.10 Å². The number of benzene rings is 1. The van der Waals surface area contributed by atoms with Gasteiger partial charge in [0.1, 0.15) is 19.0 Å². The van der Waals surface area contributed by atoms with Gasteiger partial charge in [-0.05, 0) is 6.92 Å². The Morgan fingerprint density at radius 1 is 1.19 bits per heavy atom. The third-order valence-corrected chi connectivity index (χ3v) is 2.58. The van der Waals surface area contributed by atoms with E-state index >= 15 is 0 Å². The first-order chi connectivity index (χ1) is 7.74. The van der Waals surface area contributed by atoms with Crippen LogP contribution in [0.4, 0.5) is 5.69 Å². The number of hydrogen-bond donors (Lipinski definition) is 1. The first-order valence-electron chi connectivity index (χ1n) is 5.15. The van der Waals surface area contributed by atoms with Crippen LogP contribution in [0.25, 0.3) is 0 Å². The molecule has 0 radical (unpaired) electrons. The van der Waals surface area contributed by atoms with Crippen molar-refractivity contribution in [1.29, 1.82) is 0 Å². The van der Waals surface area contributed by atoms with Crippen LogP contribution in [0.3, 0.4) is 0 Å². The van der Waals surface area contributed by atoms with Crippen molar-refractivity contribution >= 4 is 11.6 Å². The van der Waals surface area contributed by atoms with Crippen molar-refractivity contribution in [1.82, 2.24) is 0 Å². The van der Waals surface area contributed by atoms with E-state index in [4.69, 9.17) is 14.2 Å². The highest BCUT2D eigenvalue weighted by atomic mass is 16.6. The minimum Gasteiger partial charge on any atom is -0.486 e. The number of fused-ring (bicyclic) bond motifs is 2. The Kier molecular flexibility index (Phi) is 1.92. The molecular weight excluding hydrogens is 210 g/mol. The smallest absolute Gasteiger partial charge is 0.265 e. The van der Waals surface area contributed by atoms with Crippen LogP contribution >= 0.6 is 0 Å². The van der Waals surface area contributed by atoms with Gasteiger partial charge in [0, 0.05) is 12.1 Å². The molecule has 5 nitrogen and oxygen atoms in total. The van der Waals surface area contributed by atoms with Crippen molar-refractivity contribution in [2.75, 3.05) is 18.5 Å². The van der Waals surface area contributed by atoms with Gasteiger partial charge in [-0.1, -0.05) is 0 Å². The fourth-order valence-electron chi connectivity index (χ4n) is 1.74. The van der Waals surface area contributed by atoms with Crippen molar-refractivity contribution in [3.05, 3.63) is 12.1 Å². The number of carbonyl (C=O) groups excluding carboxylic acids is 1. The van der Waals surface area contributed by atoms with Crippen molar-refractivity contribution < 1.29 is 19.0 Å².